The third-order valence-electron chi connectivity index (χ3n) is 1.73. The zero-order valence-electron chi connectivity index (χ0n) is 6.40. The van der Waals surface area contributed by atoms with E-state index in [9.17, 15) is 4.79 Å². The van der Waals surface area contributed by atoms with Crippen LogP contribution in [0.4, 0.5) is 0 Å². The molecule has 0 aliphatic carbocycles. The van der Waals surface area contributed by atoms with Crippen molar-refractivity contribution in [3.8, 4) is 0 Å². The summed E-state index contributed by atoms with van der Waals surface area (Å²) < 4.78 is 0. The van der Waals surface area contributed by atoms with Crippen LogP contribution in [-0.4, -0.2) is 4.98 Å². The van der Waals surface area contributed by atoms with Crippen LogP contribution in [0.25, 0.3) is 10.8 Å². The minimum atomic E-state index is -0.198. The van der Waals surface area contributed by atoms with Gasteiger partial charge in [-0.15, -0.1) is 0 Å². The minimum Gasteiger partial charge on any atom is -0.267 e. The van der Waals surface area contributed by atoms with Crippen LogP contribution < -0.4 is 5.56 Å². The Hall–Kier alpha value is -1.70. The lowest BCUT2D eigenvalue weighted by Crippen LogP contribution is -1.96. The van der Waals surface area contributed by atoms with Gasteiger partial charge in [0.1, 0.15) is 0 Å². The van der Waals surface area contributed by atoms with Crippen LogP contribution in [0.2, 0.25) is 0 Å². The molecule has 58 valence electrons. The molecule has 0 radical (unpaired) electrons. The van der Waals surface area contributed by atoms with Crippen molar-refractivity contribution in [3.05, 3.63) is 52.9 Å². The van der Waals surface area contributed by atoms with Crippen LogP contribution in [0.3, 0.4) is 0 Å². The first kappa shape index (κ1) is 6.98. The first-order valence-corrected chi connectivity index (χ1v) is 3.71. The molecule has 2 nitrogen and oxygen atoms in total. The average Bonchev–Trinajstić information content (AvgIpc) is 2.25. The van der Waals surface area contributed by atoms with Crippen molar-refractivity contribution in [3.63, 3.8) is 0 Å². The third-order valence-corrected chi connectivity index (χ3v) is 1.73. The Balaban J connectivity index is 2.98. The molecule has 0 saturated heterocycles. The van der Waals surface area contributed by atoms with Crippen LogP contribution >= 0.6 is 0 Å². The molecule has 0 aliphatic rings. The number of benzene rings is 1. The molecule has 2 heteroatoms. The first-order valence-electron chi connectivity index (χ1n) is 3.71. The quantitative estimate of drug-likeness (QED) is 0.581. The maximum Gasteiger partial charge on any atom is 0.270 e. The predicted molar refractivity (Wildman–Crippen MR) is 48.0 cm³/mol. The normalized spacial score (nSPS) is 10.0. The third kappa shape index (κ3) is 1.19. The summed E-state index contributed by atoms with van der Waals surface area (Å²) in [5.41, 5.74) is -0.198. The second kappa shape index (κ2) is 2.74. The molecule has 0 atom stereocenters. The first-order chi connectivity index (χ1) is 5.86. The molecule has 0 N–H and O–H groups in total. The number of rotatable bonds is 0. The molecule has 0 amide bonds. The minimum absolute atomic E-state index is 0.198. The molecule has 0 bridgehead atoms. The fourth-order valence-corrected chi connectivity index (χ4v) is 1.16. The molecule has 0 aliphatic heterocycles. The summed E-state index contributed by atoms with van der Waals surface area (Å²) in [6.45, 7) is 0. The second-order valence-corrected chi connectivity index (χ2v) is 2.56. The van der Waals surface area contributed by atoms with Gasteiger partial charge in [0.25, 0.3) is 5.56 Å². The van der Waals surface area contributed by atoms with E-state index in [-0.39, 0.29) is 5.56 Å². The monoisotopic (exact) mass is 157 g/mol. The Morgan fingerprint density at radius 1 is 1.00 bits per heavy atom. The SMILES string of the molecule is O=c1cc2ccccc2ccn1. The van der Waals surface area contributed by atoms with E-state index in [0.717, 1.165) is 10.8 Å². The Kier molecular flexibility index (Phi) is 1.59. The van der Waals surface area contributed by atoms with Gasteiger partial charge in [-0.1, -0.05) is 24.3 Å². The fraction of sp³-hybridized carbons (Fsp3) is 0. The average molecular weight is 157 g/mol. The lowest BCUT2D eigenvalue weighted by atomic mass is 10.2. The number of fused-ring (bicyclic) bond motifs is 1. The Morgan fingerprint density at radius 2 is 1.75 bits per heavy atom. The summed E-state index contributed by atoms with van der Waals surface area (Å²) in [6.07, 6.45) is 1.53. The van der Waals surface area contributed by atoms with Gasteiger partial charge >= 0.3 is 0 Å². The standard InChI is InChI=1S/C10H7NO/c12-10-7-9-4-2-1-3-8(9)5-6-11-10/h1-7H. The Bertz CT molecular complexity index is 465. The van der Waals surface area contributed by atoms with Crippen molar-refractivity contribution in [2.75, 3.05) is 0 Å². The summed E-state index contributed by atoms with van der Waals surface area (Å²) in [7, 11) is 0. The molecule has 0 fully saturated rings. The van der Waals surface area contributed by atoms with Crippen molar-refractivity contribution in [1.82, 2.24) is 4.98 Å². The van der Waals surface area contributed by atoms with Crippen LogP contribution in [0.5, 0.6) is 0 Å². The molecule has 2 aromatic rings. The summed E-state index contributed by atoms with van der Waals surface area (Å²) in [5.74, 6) is 0. The van der Waals surface area contributed by atoms with Gasteiger partial charge in [-0.25, -0.2) is 4.98 Å². The van der Waals surface area contributed by atoms with Gasteiger partial charge in [-0.2, -0.15) is 0 Å². The van der Waals surface area contributed by atoms with E-state index in [0.29, 0.717) is 0 Å². The Morgan fingerprint density at radius 3 is 2.58 bits per heavy atom. The number of nitrogens with zero attached hydrogens (tertiary/aromatic N) is 1. The van der Waals surface area contributed by atoms with Gasteiger partial charge in [0.05, 0.1) is 0 Å². The van der Waals surface area contributed by atoms with Gasteiger partial charge in [-0.3, -0.25) is 4.79 Å². The summed E-state index contributed by atoms with van der Waals surface area (Å²) in [5, 5.41) is 1.96. The van der Waals surface area contributed by atoms with E-state index >= 15 is 0 Å². The van der Waals surface area contributed by atoms with Crippen molar-refractivity contribution in [1.29, 1.82) is 0 Å². The van der Waals surface area contributed by atoms with E-state index < -0.39 is 0 Å². The van der Waals surface area contributed by atoms with E-state index in [4.69, 9.17) is 0 Å². The highest BCUT2D eigenvalue weighted by atomic mass is 16.1. The molecule has 1 heterocycles. The topological polar surface area (TPSA) is 30.0 Å². The lowest BCUT2D eigenvalue weighted by Gasteiger charge is -1.86. The van der Waals surface area contributed by atoms with E-state index in [2.05, 4.69) is 4.98 Å². The zero-order valence-corrected chi connectivity index (χ0v) is 6.40. The summed E-state index contributed by atoms with van der Waals surface area (Å²) in [6, 6.07) is 11.1. The van der Waals surface area contributed by atoms with Crippen LogP contribution in [0, 0.1) is 0 Å². The van der Waals surface area contributed by atoms with Crippen LogP contribution in [0.15, 0.2) is 47.4 Å². The van der Waals surface area contributed by atoms with Gasteiger partial charge in [-0.05, 0) is 16.8 Å². The Labute approximate surface area is 69.5 Å². The van der Waals surface area contributed by atoms with Crippen LogP contribution in [0.1, 0.15) is 0 Å². The number of hydrogen-bond acceptors (Lipinski definition) is 2. The van der Waals surface area contributed by atoms with Crippen LogP contribution in [-0.2, 0) is 0 Å². The van der Waals surface area contributed by atoms with E-state index in [1.165, 1.54) is 12.3 Å². The smallest absolute Gasteiger partial charge is 0.267 e. The molecule has 1 aromatic carbocycles. The van der Waals surface area contributed by atoms with Crippen molar-refractivity contribution in [2.45, 2.75) is 0 Å². The van der Waals surface area contributed by atoms with Gasteiger partial charge in [0, 0.05) is 12.3 Å². The summed E-state index contributed by atoms with van der Waals surface area (Å²) >= 11 is 0. The predicted octanol–water partition coefficient (Wildman–Crippen LogP) is 1.59. The largest absolute Gasteiger partial charge is 0.270 e. The molecular weight excluding hydrogens is 150 g/mol. The molecule has 0 saturated carbocycles. The second-order valence-electron chi connectivity index (χ2n) is 2.56. The van der Waals surface area contributed by atoms with E-state index in [1.807, 2.05) is 30.3 Å². The molecule has 0 spiro atoms. The highest BCUT2D eigenvalue weighted by Crippen LogP contribution is 2.07. The van der Waals surface area contributed by atoms with E-state index in [1.54, 1.807) is 0 Å². The van der Waals surface area contributed by atoms with Crippen molar-refractivity contribution >= 4 is 10.8 Å². The molecule has 1 aromatic heterocycles. The van der Waals surface area contributed by atoms with Gasteiger partial charge in [0.15, 0.2) is 0 Å². The summed E-state index contributed by atoms with van der Waals surface area (Å²) in [4.78, 5) is 14.6. The zero-order chi connectivity index (χ0) is 8.39. The molecule has 0 unspecified atom stereocenters. The van der Waals surface area contributed by atoms with Crippen molar-refractivity contribution in [2.24, 2.45) is 0 Å². The maximum atomic E-state index is 11.0. The molecule has 2 rings (SSSR count). The van der Waals surface area contributed by atoms with Gasteiger partial charge < -0.3 is 0 Å². The number of aromatic nitrogens is 1. The fourth-order valence-electron chi connectivity index (χ4n) is 1.16. The van der Waals surface area contributed by atoms with Crippen molar-refractivity contribution < 1.29 is 0 Å². The lowest BCUT2D eigenvalue weighted by molar-refractivity contribution is 1.28. The highest BCUT2D eigenvalue weighted by Gasteiger charge is 1.88. The highest BCUT2D eigenvalue weighted by molar-refractivity contribution is 5.81. The maximum absolute atomic E-state index is 11.0. The van der Waals surface area contributed by atoms with Gasteiger partial charge in [0.2, 0.25) is 0 Å². The molecular formula is C10H7NO. The molecule has 12 heavy (non-hydrogen) atoms. The number of hydrogen-bond donors (Lipinski definition) is 0.